The number of aryl methyl sites for hydroxylation is 1. The molecule has 5 nitrogen and oxygen atoms in total. The van der Waals surface area contributed by atoms with E-state index >= 15 is 0 Å². The summed E-state index contributed by atoms with van der Waals surface area (Å²) in [6, 6.07) is 3.98. The van der Waals surface area contributed by atoms with Gasteiger partial charge in [0.2, 0.25) is 0 Å². The molecule has 1 aliphatic rings. The zero-order chi connectivity index (χ0) is 20.1. The highest BCUT2D eigenvalue weighted by Crippen LogP contribution is 2.42. The van der Waals surface area contributed by atoms with Crippen molar-refractivity contribution >= 4 is 39.9 Å². The van der Waals surface area contributed by atoms with Crippen molar-refractivity contribution in [2.75, 3.05) is 5.75 Å². The van der Waals surface area contributed by atoms with Gasteiger partial charge in [-0.05, 0) is 30.9 Å². The van der Waals surface area contributed by atoms with E-state index in [-0.39, 0.29) is 16.8 Å². The predicted octanol–water partition coefficient (Wildman–Crippen LogP) is 4.79. The minimum absolute atomic E-state index is 0.0474. The number of nitrogens with one attached hydrogen (secondary N) is 1. The van der Waals surface area contributed by atoms with Crippen molar-refractivity contribution in [3.8, 4) is 10.4 Å². The fraction of sp³-hybridized carbons (Fsp3) is 0.333. The molecular formula is C21H21N3O2S2. The second-order valence-electron chi connectivity index (χ2n) is 7.83. The van der Waals surface area contributed by atoms with Crippen LogP contribution in [0.1, 0.15) is 41.2 Å². The van der Waals surface area contributed by atoms with Gasteiger partial charge in [-0.3, -0.25) is 9.59 Å². The van der Waals surface area contributed by atoms with Gasteiger partial charge in [-0.25, -0.2) is 9.97 Å². The maximum absolute atomic E-state index is 13.1. The average Bonchev–Trinajstić information content (AvgIpc) is 3.03. The summed E-state index contributed by atoms with van der Waals surface area (Å²) in [7, 11) is 0. The normalized spacial score (nSPS) is 15.6. The Morgan fingerprint density at radius 2 is 2.04 bits per heavy atom. The summed E-state index contributed by atoms with van der Waals surface area (Å²) in [5, 5.41) is 0.913. The Bertz CT molecular complexity index is 1170. The third-order valence-electron chi connectivity index (χ3n) is 4.80. The second kappa shape index (κ2) is 6.97. The summed E-state index contributed by atoms with van der Waals surface area (Å²) in [5.74, 6) is 0.688. The number of rotatable bonds is 4. The van der Waals surface area contributed by atoms with Crippen LogP contribution in [0.5, 0.6) is 0 Å². The topological polar surface area (TPSA) is 75.7 Å². The molecule has 0 unspecified atom stereocenters. The number of Topliss-reactive ketones (excluding diaryl/α,β-unsaturated/α-hetero) is 1. The highest BCUT2D eigenvalue weighted by molar-refractivity contribution is 7.99. The van der Waals surface area contributed by atoms with Crippen LogP contribution in [0.4, 0.5) is 0 Å². The summed E-state index contributed by atoms with van der Waals surface area (Å²) >= 11 is 2.98. The summed E-state index contributed by atoms with van der Waals surface area (Å²) in [6.45, 7) is 9.87. The van der Waals surface area contributed by atoms with Crippen molar-refractivity contribution < 1.29 is 4.79 Å². The van der Waals surface area contributed by atoms with E-state index in [0.717, 1.165) is 15.4 Å². The van der Waals surface area contributed by atoms with Gasteiger partial charge < -0.3 is 4.98 Å². The number of carbonyl (C=O) groups excluding carboxylic acids is 1. The number of ketones is 1. The summed E-state index contributed by atoms with van der Waals surface area (Å²) in [4.78, 5) is 40.2. The minimum atomic E-state index is -0.259. The molecule has 0 aliphatic heterocycles. The smallest absolute Gasteiger partial charge is 0.261 e. The van der Waals surface area contributed by atoms with E-state index in [1.165, 1.54) is 11.8 Å². The highest BCUT2D eigenvalue weighted by Gasteiger charge is 2.35. The van der Waals surface area contributed by atoms with E-state index in [0.29, 0.717) is 45.9 Å². The number of aromatic amines is 1. The van der Waals surface area contributed by atoms with E-state index < -0.39 is 0 Å². The summed E-state index contributed by atoms with van der Waals surface area (Å²) < 4.78 is 0. The van der Waals surface area contributed by atoms with Crippen LogP contribution in [-0.2, 0) is 6.42 Å². The molecule has 0 bridgehead atoms. The maximum Gasteiger partial charge on any atom is 0.261 e. The quantitative estimate of drug-likeness (QED) is 0.380. The molecule has 0 saturated carbocycles. The van der Waals surface area contributed by atoms with Crippen LogP contribution in [0, 0.1) is 12.3 Å². The lowest BCUT2D eigenvalue weighted by Crippen LogP contribution is -2.29. The van der Waals surface area contributed by atoms with E-state index in [9.17, 15) is 9.59 Å². The van der Waals surface area contributed by atoms with Gasteiger partial charge in [0.25, 0.3) is 5.56 Å². The molecule has 3 aromatic rings. The number of thioether (sulfide) groups is 1. The number of pyridine rings is 1. The van der Waals surface area contributed by atoms with E-state index in [1.54, 1.807) is 17.4 Å². The first-order valence-corrected chi connectivity index (χ1v) is 10.9. The van der Waals surface area contributed by atoms with Crippen molar-refractivity contribution in [2.45, 2.75) is 38.8 Å². The van der Waals surface area contributed by atoms with E-state index in [1.807, 2.05) is 19.1 Å². The Balaban J connectivity index is 2.07. The molecule has 0 radical (unpaired) electrons. The number of hydrogen-bond donors (Lipinski definition) is 1. The molecule has 144 valence electrons. The van der Waals surface area contributed by atoms with Gasteiger partial charge in [0.15, 0.2) is 16.6 Å². The first-order valence-electron chi connectivity index (χ1n) is 9.10. The molecule has 0 atom stereocenters. The lowest BCUT2D eigenvalue weighted by molar-refractivity contribution is 0.0911. The van der Waals surface area contributed by atoms with Gasteiger partial charge in [-0.2, -0.15) is 0 Å². The zero-order valence-corrected chi connectivity index (χ0v) is 17.7. The van der Waals surface area contributed by atoms with Crippen LogP contribution in [0.3, 0.4) is 0 Å². The molecule has 4 rings (SSSR count). The Morgan fingerprint density at radius 3 is 2.71 bits per heavy atom. The first kappa shape index (κ1) is 19.1. The minimum Gasteiger partial charge on any atom is -0.301 e. The van der Waals surface area contributed by atoms with Crippen molar-refractivity contribution in [1.82, 2.24) is 15.0 Å². The average molecular weight is 412 g/mol. The Kier molecular flexibility index (Phi) is 4.75. The fourth-order valence-corrected chi connectivity index (χ4v) is 5.21. The van der Waals surface area contributed by atoms with E-state index in [4.69, 9.17) is 4.98 Å². The van der Waals surface area contributed by atoms with Crippen molar-refractivity contribution in [2.24, 2.45) is 5.41 Å². The molecule has 0 fully saturated rings. The van der Waals surface area contributed by atoms with Crippen LogP contribution in [0.2, 0.25) is 0 Å². The monoisotopic (exact) mass is 411 g/mol. The van der Waals surface area contributed by atoms with Gasteiger partial charge in [0.05, 0.1) is 11.1 Å². The maximum atomic E-state index is 13.1. The lowest BCUT2D eigenvalue weighted by Gasteiger charge is -2.30. The number of fused-ring (bicyclic) bond motifs is 2. The number of thiophene rings is 1. The molecule has 7 heteroatoms. The fourth-order valence-electron chi connectivity index (χ4n) is 3.69. The van der Waals surface area contributed by atoms with Gasteiger partial charge >= 0.3 is 0 Å². The number of aromatic nitrogens is 3. The highest BCUT2D eigenvalue weighted by atomic mass is 32.2. The van der Waals surface area contributed by atoms with Crippen molar-refractivity contribution in [3.63, 3.8) is 0 Å². The van der Waals surface area contributed by atoms with Gasteiger partial charge in [0.1, 0.15) is 0 Å². The van der Waals surface area contributed by atoms with Crippen molar-refractivity contribution in [3.05, 3.63) is 51.3 Å². The number of nitrogens with zero attached hydrogens (tertiary/aromatic N) is 2. The zero-order valence-electron chi connectivity index (χ0n) is 16.1. The summed E-state index contributed by atoms with van der Waals surface area (Å²) in [5.41, 5.74) is 2.01. The molecule has 1 aliphatic carbocycles. The van der Waals surface area contributed by atoms with E-state index in [2.05, 4.69) is 30.4 Å². The molecule has 1 N–H and O–H groups in total. The lowest BCUT2D eigenvalue weighted by atomic mass is 9.74. The molecule has 3 aromatic heterocycles. The molecule has 0 amide bonds. The largest absolute Gasteiger partial charge is 0.301 e. The van der Waals surface area contributed by atoms with Crippen LogP contribution < -0.4 is 5.56 Å². The third kappa shape index (κ3) is 3.33. The first-order chi connectivity index (χ1) is 13.3. The van der Waals surface area contributed by atoms with Gasteiger partial charge in [0, 0.05) is 33.1 Å². The molecule has 0 aromatic carbocycles. The predicted molar refractivity (Wildman–Crippen MR) is 116 cm³/mol. The van der Waals surface area contributed by atoms with Crippen LogP contribution in [0.15, 0.2) is 34.7 Å². The Morgan fingerprint density at radius 1 is 1.25 bits per heavy atom. The standard InChI is InChI=1S/C21H21N3O2S2/c1-5-8-27-20-23-18-17(19(26)24-20)16(14-7-6-11(2)28-14)15-12(22-18)9-21(3,4)10-13(15)25/h5-7H,1,8-10H2,2-4H3,(H,22,23,24,26). The SMILES string of the molecule is C=CCSc1nc2nc3c(c(-c4ccc(C)s4)c2c(=O)[nH]1)C(=O)CC(C)(C)C3. The van der Waals surface area contributed by atoms with Crippen LogP contribution >= 0.6 is 23.1 Å². The number of carbonyl (C=O) groups is 1. The molecule has 0 saturated heterocycles. The van der Waals surface area contributed by atoms with Crippen LogP contribution in [-0.4, -0.2) is 26.5 Å². The Labute approximate surface area is 171 Å². The van der Waals surface area contributed by atoms with Crippen molar-refractivity contribution in [1.29, 1.82) is 0 Å². The molecular weight excluding hydrogens is 390 g/mol. The molecule has 28 heavy (non-hydrogen) atoms. The third-order valence-corrected chi connectivity index (χ3v) is 6.68. The molecule has 0 spiro atoms. The van der Waals surface area contributed by atoms with Gasteiger partial charge in [-0.1, -0.05) is 31.7 Å². The number of hydrogen-bond acceptors (Lipinski definition) is 6. The van der Waals surface area contributed by atoms with Gasteiger partial charge in [-0.15, -0.1) is 17.9 Å². The Hall–Kier alpha value is -2.25. The molecule has 3 heterocycles. The summed E-state index contributed by atoms with van der Waals surface area (Å²) in [6.07, 6.45) is 2.89. The van der Waals surface area contributed by atoms with Crippen LogP contribution in [0.25, 0.3) is 21.5 Å². The second-order valence-corrected chi connectivity index (χ2v) is 10.1. The number of H-pyrrole nitrogens is 1.